The fourth-order valence-corrected chi connectivity index (χ4v) is 1.96. The van der Waals surface area contributed by atoms with Gasteiger partial charge >= 0.3 is 11.9 Å². The van der Waals surface area contributed by atoms with Crippen molar-refractivity contribution in [3.8, 4) is 0 Å². The van der Waals surface area contributed by atoms with Gasteiger partial charge in [0.15, 0.2) is 0 Å². The van der Waals surface area contributed by atoms with Gasteiger partial charge in [0.1, 0.15) is 11.8 Å². The summed E-state index contributed by atoms with van der Waals surface area (Å²) >= 11 is 0. The lowest BCUT2D eigenvalue weighted by Crippen LogP contribution is -2.33. The molecule has 1 heterocycles. The van der Waals surface area contributed by atoms with Crippen molar-refractivity contribution in [1.82, 2.24) is 0 Å². The van der Waals surface area contributed by atoms with Crippen molar-refractivity contribution < 1.29 is 19.1 Å². The number of carbonyl (C=O) groups is 2. The van der Waals surface area contributed by atoms with E-state index in [1.165, 1.54) is 7.11 Å². The molecule has 19 heavy (non-hydrogen) atoms. The lowest BCUT2D eigenvalue weighted by atomic mass is 10.0. The number of hydrogen-bond donors (Lipinski definition) is 0. The van der Waals surface area contributed by atoms with E-state index in [1.54, 1.807) is 0 Å². The third kappa shape index (κ3) is 2.99. The molecule has 0 N–H and O–H groups in total. The molecule has 2 rings (SSSR count). The van der Waals surface area contributed by atoms with E-state index in [0.29, 0.717) is 0 Å². The van der Waals surface area contributed by atoms with Crippen LogP contribution in [-0.2, 0) is 19.1 Å². The summed E-state index contributed by atoms with van der Waals surface area (Å²) in [6, 6.07) is 9.20. The molecule has 0 saturated carbocycles. The lowest BCUT2D eigenvalue weighted by Gasteiger charge is -2.27. The van der Waals surface area contributed by atoms with Crippen LogP contribution in [0.2, 0.25) is 0 Å². The smallest absolute Gasteiger partial charge is 0.353 e. The molecule has 1 aliphatic rings. The summed E-state index contributed by atoms with van der Waals surface area (Å²) < 4.78 is 9.89. The maximum atomic E-state index is 11.8. The van der Waals surface area contributed by atoms with Crippen LogP contribution >= 0.6 is 0 Å². The topological polar surface area (TPSA) is 65.0 Å². The van der Waals surface area contributed by atoms with Gasteiger partial charge in [-0.15, -0.1) is 0 Å². The first kappa shape index (κ1) is 13.3. The quantitative estimate of drug-likeness (QED) is 0.776. The number of rotatable bonds is 3. The molecule has 0 radical (unpaired) electrons. The number of aliphatic imine (C=N–C) groups is 1. The molecule has 0 spiro atoms. The molecule has 0 bridgehead atoms. The summed E-state index contributed by atoms with van der Waals surface area (Å²) in [5.41, 5.74) is 1.01. The molecule has 0 amide bonds. The molecule has 0 aliphatic carbocycles. The number of ether oxygens (including phenoxy) is 2. The van der Waals surface area contributed by atoms with Crippen LogP contribution in [0.5, 0.6) is 0 Å². The highest BCUT2D eigenvalue weighted by molar-refractivity contribution is 6.39. The normalized spacial score (nSPS) is 22.4. The van der Waals surface area contributed by atoms with Crippen molar-refractivity contribution in [3.63, 3.8) is 0 Å². The van der Waals surface area contributed by atoms with E-state index in [9.17, 15) is 9.59 Å². The summed E-state index contributed by atoms with van der Waals surface area (Å²) in [6.45, 7) is 1.85. The van der Waals surface area contributed by atoms with E-state index >= 15 is 0 Å². The molecule has 5 nitrogen and oxygen atoms in total. The van der Waals surface area contributed by atoms with Gasteiger partial charge in [-0.05, 0) is 12.5 Å². The number of nitrogens with zero attached hydrogens (tertiary/aromatic N) is 1. The first-order valence-electron chi connectivity index (χ1n) is 6.01. The highest BCUT2D eigenvalue weighted by Crippen LogP contribution is 2.27. The van der Waals surface area contributed by atoms with Crippen LogP contribution in [0.15, 0.2) is 35.3 Å². The summed E-state index contributed by atoms with van der Waals surface area (Å²) in [5, 5.41) is 0. The van der Waals surface area contributed by atoms with Gasteiger partial charge in [0.25, 0.3) is 0 Å². The fraction of sp³-hybridized carbons (Fsp3) is 0.357. The van der Waals surface area contributed by atoms with Crippen LogP contribution in [0.3, 0.4) is 0 Å². The molecule has 100 valence electrons. The molecular formula is C14H15NO4. The zero-order valence-electron chi connectivity index (χ0n) is 10.8. The Labute approximate surface area is 111 Å². The van der Waals surface area contributed by atoms with E-state index in [1.807, 2.05) is 37.3 Å². The highest BCUT2D eigenvalue weighted by Gasteiger charge is 2.32. The maximum absolute atomic E-state index is 11.8. The van der Waals surface area contributed by atoms with E-state index in [-0.39, 0.29) is 18.2 Å². The average molecular weight is 261 g/mol. The Morgan fingerprint density at radius 2 is 2.05 bits per heavy atom. The van der Waals surface area contributed by atoms with E-state index in [4.69, 9.17) is 4.74 Å². The van der Waals surface area contributed by atoms with Crippen molar-refractivity contribution in [1.29, 1.82) is 0 Å². The Bertz CT molecular complexity index is 509. The van der Waals surface area contributed by atoms with Gasteiger partial charge in [-0.2, -0.15) is 0 Å². The molecule has 1 aromatic carbocycles. The minimum absolute atomic E-state index is 0.117. The molecule has 2 unspecified atom stereocenters. The summed E-state index contributed by atoms with van der Waals surface area (Å²) in [4.78, 5) is 27.2. The molecule has 1 aliphatic heterocycles. The van der Waals surface area contributed by atoms with Crippen molar-refractivity contribution >= 4 is 17.7 Å². The third-order valence-corrected chi connectivity index (χ3v) is 2.93. The fourth-order valence-electron chi connectivity index (χ4n) is 1.96. The second-order valence-electron chi connectivity index (χ2n) is 4.31. The highest BCUT2D eigenvalue weighted by atomic mass is 16.5. The Morgan fingerprint density at radius 1 is 1.37 bits per heavy atom. The summed E-state index contributed by atoms with van der Waals surface area (Å²) in [6.07, 6.45) is -0.559. The predicted octanol–water partition coefficient (Wildman–Crippen LogP) is 1.68. The van der Waals surface area contributed by atoms with Gasteiger partial charge in [0, 0.05) is 0 Å². The first-order valence-corrected chi connectivity index (χ1v) is 6.01. The summed E-state index contributed by atoms with van der Waals surface area (Å²) in [7, 11) is 1.27. The molecule has 1 aromatic rings. The van der Waals surface area contributed by atoms with Gasteiger partial charge in [-0.3, -0.25) is 9.79 Å². The molecule has 0 fully saturated rings. The van der Waals surface area contributed by atoms with Crippen molar-refractivity contribution in [2.75, 3.05) is 7.11 Å². The number of cyclic esters (lactones) is 1. The Balaban J connectivity index is 2.18. The van der Waals surface area contributed by atoms with Crippen molar-refractivity contribution in [3.05, 3.63) is 35.9 Å². The number of esters is 2. The second-order valence-corrected chi connectivity index (χ2v) is 4.31. The van der Waals surface area contributed by atoms with E-state index in [0.717, 1.165) is 5.56 Å². The molecule has 0 saturated heterocycles. The zero-order chi connectivity index (χ0) is 13.8. The van der Waals surface area contributed by atoms with Gasteiger partial charge in [0.2, 0.25) is 0 Å². The van der Waals surface area contributed by atoms with Crippen LogP contribution in [0.1, 0.15) is 25.0 Å². The van der Waals surface area contributed by atoms with E-state index in [2.05, 4.69) is 9.73 Å². The Hall–Kier alpha value is -2.17. The number of carbonyl (C=O) groups excluding carboxylic acids is 2. The van der Waals surface area contributed by atoms with Gasteiger partial charge < -0.3 is 9.47 Å². The van der Waals surface area contributed by atoms with Crippen LogP contribution in [0.4, 0.5) is 0 Å². The SMILES string of the molecule is COC(=O)CC1=NC(C)C(c2ccccc2)OC1=O. The Kier molecular flexibility index (Phi) is 3.94. The number of methoxy groups -OCH3 is 1. The first-order chi connectivity index (χ1) is 9.11. The van der Waals surface area contributed by atoms with Gasteiger partial charge in [-0.1, -0.05) is 30.3 Å². The predicted molar refractivity (Wildman–Crippen MR) is 68.8 cm³/mol. The number of hydrogen-bond acceptors (Lipinski definition) is 5. The van der Waals surface area contributed by atoms with Crippen LogP contribution in [0, 0.1) is 0 Å². The zero-order valence-corrected chi connectivity index (χ0v) is 10.8. The molecule has 5 heteroatoms. The molecule has 2 atom stereocenters. The van der Waals surface area contributed by atoms with Gasteiger partial charge in [-0.25, -0.2) is 4.79 Å². The monoisotopic (exact) mass is 261 g/mol. The minimum atomic E-state index is -0.558. The standard InChI is InChI=1S/C14H15NO4/c1-9-13(10-6-4-3-5-7-10)19-14(17)11(15-9)8-12(16)18-2/h3-7,9,13H,8H2,1-2H3. The van der Waals surface area contributed by atoms with E-state index < -0.39 is 18.0 Å². The number of benzene rings is 1. The maximum Gasteiger partial charge on any atom is 0.353 e. The van der Waals surface area contributed by atoms with Crippen molar-refractivity contribution in [2.45, 2.75) is 25.5 Å². The molecular weight excluding hydrogens is 246 g/mol. The summed E-state index contributed by atoms with van der Waals surface area (Å²) in [5.74, 6) is -1.06. The average Bonchev–Trinajstić information content (AvgIpc) is 2.43. The minimum Gasteiger partial charge on any atom is -0.469 e. The third-order valence-electron chi connectivity index (χ3n) is 2.93. The van der Waals surface area contributed by atoms with Crippen LogP contribution < -0.4 is 0 Å². The van der Waals surface area contributed by atoms with Crippen molar-refractivity contribution in [2.24, 2.45) is 4.99 Å². The lowest BCUT2D eigenvalue weighted by molar-refractivity contribution is -0.146. The largest absolute Gasteiger partial charge is 0.469 e. The Morgan fingerprint density at radius 3 is 2.68 bits per heavy atom. The van der Waals surface area contributed by atoms with Crippen LogP contribution in [0.25, 0.3) is 0 Å². The van der Waals surface area contributed by atoms with Crippen LogP contribution in [-0.4, -0.2) is 30.8 Å². The second kappa shape index (κ2) is 5.65. The molecule has 0 aromatic heterocycles. The van der Waals surface area contributed by atoms with Gasteiger partial charge in [0.05, 0.1) is 19.6 Å².